The summed E-state index contributed by atoms with van der Waals surface area (Å²) in [5.41, 5.74) is 2.96. The summed E-state index contributed by atoms with van der Waals surface area (Å²) in [7, 11) is 1.91. The number of nitro benzene ring substituents is 1. The molecule has 29 heavy (non-hydrogen) atoms. The van der Waals surface area contributed by atoms with Gasteiger partial charge in [-0.3, -0.25) is 10.1 Å². The first-order valence-corrected chi connectivity index (χ1v) is 10.7. The molecular weight excluding hydrogens is 479 g/mol. The number of ether oxygens (including phenoxy) is 1. The summed E-state index contributed by atoms with van der Waals surface area (Å²) in [6, 6.07) is 16.9. The number of hydrogen-bond donors (Lipinski definition) is 0. The van der Waals surface area contributed by atoms with Crippen LogP contribution in [0.1, 0.15) is 19.4 Å². The highest BCUT2D eigenvalue weighted by molar-refractivity contribution is 14.1. The minimum atomic E-state index is -0.330. The normalized spacial score (nSPS) is 14.0. The smallest absolute Gasteiger partial charge is 0.292 e. The van der Waals surface area contributed by atoms with E-state index in [9.17, 15) is 10.1 Å². The van der Waals surface area contributed by atoms with Crippen molar-refractivity contribution < 1.29 is 9.66 Å². The largest absolute Gasteiger partial charge is 0.373 e. The molecule has 0 unspecified atom stereocenters. The van der Waals surface area contributed by atoms with E-state index < -0.39 is 0 Å². The molecule has 0 fully saturated rings. The molecule has 154 valence electrons. The predicted octanol–water partition coefficient (Wildman–Crippen LogP) is 6.15. The van der Waals surface area contributed by atoms with Gasteiger partial charge in [0, 0.05) is 13.1 Å². The number of halogens is 1. The molecule has 2 rings (SSSR count). The van der Waals surface area contributed by atoms with Crippen LogP contribution in [0, 0.1) is 16.0 Å². The van der Waals surface area contributed by atoms with Gasteiger partial charge in [0.2, 0.25) is 0 Å². The fourth-order valence-electron chi connectivity index (χ4n) is 3.42. The van der Waals surface area contributed by atoms with Gasteiger partial charge in [-0.15, -0.1) is 0 Å². The van der Waals surface area contributed by atoms with Crippen LogP contribution in [0.4, 0.5) is 11.4 Å². The summed E-state index contributed by atoms with van der Waals surface area (Å²) in [6.45, 7) is 5.22. The van der Waals surface area contributed by atoms with Gasteiger partial charge in [0.1, 0.15) is 5.69 Å². The molecule has 0 saturated carbocycles. The van der Waals surface area contributed by atoms with Gasteiger partial charge in [-0.05, 0) is 28.6 Å². The maximum atomic E-state index is 11.5. The molecule has 0 bridgehead atoms. The molecule has 0 amide bonds. The zero-order chi connectivity index (χ0) is 21.2. The van der Waals surface area contributed by atoms with E-state index >= 15 is 0 Å². The zero-order valence-electron chi connectivity index (χ0n) is 17.0. The number of likely N-dealkylation sites (N-methyl/N-ethyl adjacent to an activating group) is 1. The van der Waals surface area contributed by atoms with Crippen LogP contribution >= 0.6 is 22.6 Å². The molecule has 0 aliphatic rings. The number of nitro groups is 1. The van der Waals surface area contributed by atoms with Gasteiger partial charge in [0.05, 0.1) is 24.2 Å². The Labute approximate surface area is 186 Å². The van der Waals surface area contributed by atoms with Gasteiger partial charge in [0.25, 0.3) is 5.69 Å². The highest BCUT2D eigenvalue weighted by Crippen LogP contribution is 2.32. The zero-order valence-corrected chi connectivity index (χ0v) is 19.2. The Hall–Kier alpha value is -2.19. The maximum absolute atomic E-state index is 11.5. The van der Waals surface area contributed by atoms with Crippen molar-refractivity contribution in [1.82, 2.24) is 0 Å². The molecule has 0 aliphatic heterocycles. The maximum Gasteiger partial charge on any atom is 0.292 e. The van der Waals surface area contributed by atoms with E-state index in [1.54, 1.807) is 18.2 Å². The van der Waals surface area contributed by atoms with Gasteiger partial charge in [-0.2, -0.15) is 0 Å². The molecule has 0 spiro atoms. The molecular formula is C23H27IN2O3. The number of para-hydroxylation sites is 2. The molecule has 0 radical (unpaired) electrons. The second-order valence-corrected chi connectivity index (χ2v) is 7.65. The van der Waals surface area contributed by atoms with Crippen molar-refractivity contribution in [2.45, 2.75) is 26.5 Å². The summed E-state index contributed by atoms with van der Waals surface area (Å²) >= 11 is 2.20. The van der Waals surface area contributed by atoms with Crippen LogP contribution in [0.5, 0.6) is 0 Å². The van der Waals surface area contributed by atoms with Crippen LogP contribution in [-0.4, -0.2) is 24.6 Å². The predicted molar refractivity (Wildman–Crippen MR) is 127 cm³/mol. The first kappa shape index (κ1) is 23.1. The molecule has 0 aromatic heterocycles. The van der Waals surface area contributed by atoms with Crippen molar-refractivity contribution in [3.05, 3.63) is 92.1 Å². The van der Waals surface area contributed by atoms with Crippen LogP contribution in [0.25, 0.3) is 0 Å². The number of hydrogen-bond acceptors (Lipinski definition) is 4. The van der Waals surface area contributed by atoms with Crippen LogP contribution in [0.3, 0.4) is 0 Å². The van der Waals surface area contributed by atoms with Gasteiger partial charge >= 0.3 is 0 Å². The van der Waals surface area contributed by atoms with Crippen LogP contribution in [-0.2, 0) is 11.3 Å². The second kappa shape index (κ2) is 11.7. The molecule has 2 aromatic rings. The number of benzene rings is 2. The van der Waals surface area contributed by atoms with Crippen molar-refractivity contribution >= 4 is 34.0 Å². The molecule has 5 nitrogen and oxygen atoms in total. The first-order valence-electron chi connectivity index (χ1n) is 9.47. The van der Waals surface area contributed by atoms with Gasteiger partial charge < -0.3 is 9.64 Å². The summed E-state index contributed by atoms with van der Waals surface area (Å²) in [5.74, 6) is 0.169. The van der Waals surface area contributed by atoms with Gasteiger partial charge in [0.15, 0.2) is 0 Å². The van der Waals surface area contributed by atoms with Crippen LogP contribution in [0.2, 0.25) is 0 Å². The van der Waals surface area contributed by atoms with E-state index in [1.165, 1.54) is 0 Å². The standard InChI is InChI=1S/C23H27IN2O3/c1-18(13-15-24)23(25(3)21-11-7-8-12-22(21)26(27)28)19(2)14-16-29-17-20-9-5-4-6-10-20/h4-15,18,23H,16-17H2,1-3H3/b15-13+,19-14+/t18-,23-/m0/s1. The third kappa shape index (κ3) is 6.68. The number of rotatable bonds is 10. The Balaban J connectivity index is 2.19. The molecule has 2 atom stereocenters. The van der Waals surface area contributed by atoms with Gasteiger partial charge in [-0.25, -0.2) is 0 Å². The topological polar surface area (TPSA) is 55.6 Å². The molecule has 0 aliphatic carbocycles. The average molecular weight is 506 g/mol. The van der Waals surface area contributed by atoms with Crippen molar-refractivity contribution in [3.8, 4) is 0 Å². The Morgan fingerprint density at radius 1 is 1.21 bits per heavy atom. The molecule has 0 N–H and O–H groups in total. The van der Waals surface area contributed by atoms with Crippen LogP contribution < -0.4 is 4.90 Å². The highest BCUT2D eigenvalue weighted by atomic mass is 127. The Morgan fingerprint density at radius 2 is 1.86 bits per heavy atom. The molecule has 2 aromatic carbocycles. The van der Waals surface area contributed by atoms with Crippen molar-refractivity contribution in [2.75, 3.05) is 18.6 Å². The van der Waals surface area contributed by atoms with E-state index in [-0.39, 0.29) is 22.6 Å². The summed E-state index contributed by atoms with van der Waals surface area (Å²) < 4.78 is 7.79. The highest BCUT2D eigenvalue weighted by Gasteiger charge is 2.26. The third-order valence-corrected chi connectivity index (χ3v) is 5.27. The first-order chi connectivity index (χ1) is 14.0. The Kier molecular flexibility index (Phi) is 9.34. The second-order valence-electron chi connectivity index (χ2n) is 6.93. The van der Waals surface area contributed by atoms with E-state index in [0.717, 1.165) is 11.1 Å². The lowest BCUT2D eigenvalue weighted by atomic mass is 9.93. The SMILES string of the molecule is C/C(=C\COCc1ccccc1)[C@H]([C@@H](C)/C=C/I)N(C)c1ccccc1[N+](=O)[O-]. The minimum Gasteiger partial charge on any atom is -0.373 e. The van der Waals surface area contributed by atoms with Crippen LogP contribution in [0.15, 0.2) is 76.4 Å². The number of nitrogens with zero attached hydrogens (tertiary/aromatic N) is 2. The number of anilines is 1. The van der Waals surface area contributed by atoms with Gasteiger partial charge in [-0.1, -0.05) is 89.7 Å². The monoisotopic (exact) mass is 506 g/mol. The van der Waals surface area contributed by atoms with E-state index in [1.807, 2.05) is 52.4 Å². The summed E-state index contributed by atoms with van der Waals surface area (Å²) in [5, 5.41) is 11.5. The van der Waals surface area contributed by atoms with Crippen molar-refractivity contribution in [1.29, 1.82) is 0 Å². The molecule has 6 heteroatoms. The average Bonchev–Trinajstić information content (AvgIpc) is 2.72. The van der Waals surface area contributed by atoms with Crippen molar-refractivity contribution in [3.63, 3.8) is 0 Å². The minimum absolute atomic E-state index is 0.0255. The van der Waals surface area contributed by atoms with E-state index in [4.69, 9.17) is 4.74 Å². The molecule has 0 heterocycles. The lowest BCUT2D eigenvalue weighted by Crippen LogP contribution is -2.38. The summed E-state index contributed by atoms with van der Waals surface area (Å²) in [6.07, 6.45) is 4.18. The molecule has 0 saturated heterocycles. The summed E-state index contributed by atoms with van der Waals surface area (Å²) in [4.78, 5) is 13.1. The van der Waals surface area contributed by atoms with Crippen molar-refractivity contribution in [2.24, 2.45) is 5.92 Å². The quantitative estimate of drug-likeness (QED) is 0.128. The van der Waals surface area contributed by atoms with E-state index in [0.29, 0.717) is 18.9 Å². The lowest BCUT2D eigenvalue weighted by Gasteiger charge is -2.34. The Morgan fingerprint density at radius 3 is 2.52 bits per heavy atom. The fourth-order valence-corrected chi connectivity index (χ4v) is 4.08. The fraction of sp³-hybridized carbons (Fsp3) is 0.304. The Bertz CT molecular complexity index is 852. The lowest BCUT2D eigenvalue weighted by molar-refractivity contribution is -0.384. The third-order valence-electron chi connectivity index (χ3n) is 4.85. The van der Waals surface area contributed by atoms with E-state index in [2.05, 4.69) is 48.6 Å².